The number of benzene rings is 2. The summed E-state index contributed by atoms with van der Waals surface area (Å²) in [7, 11) is 0. The highest BCUT2D eigenvalue weighted by molar-refractivity contribution is 8.26. The van der Waals surface area contributed by atoms with Crippen LogP contribution in [0.4, 0.5) is 11.4 Å². The molecule has 0 aromatic heterocycles. The predicted octanol–water partition coefficient (Wildman–Crippen LogP) is 5.15. The topological polar surface area (TPSA) is 102 Å². The predicted molar refractivity (Wildman–Crippen MR) is 136 cm³/mol. The van der Waals surface area contributed by atoms with Crippen molar-refractivity contribution in [1.29, 1.82) is 0 Å². The van der Waals surface area contributed by atoms with Crippen LogP contribution in [0.3, 0.4) is 0 Å². The zero-order valence-electron chi connectivity index (χ0n) is 18.3. The third kappa shape index (κ3) is 5.63. The summed E-state index contributed by atoms with van der Waals surface area (Å²) >= 11 is 6.66. The minimum atomic E-state index is -0.517. The van der Waals surface area contributed by atoms with E-state index in [0.717, 1.165) is 32.1 Å². The summed E-state index contributed by atoms with van der Waals surface area (Å²) in [6.45, 7) is -0.295. The van der Waals surface area contributed by atoms with Crippen molar-refractivity contribution in [1.82, 2.24) is 4.90 Å². The van der Waals surface area contributed by atoms with Crippen LogP contribution in [0.15, 0.2) is 53.4 Å². The summed E-state index contributed by atoms with van der Waals surface area (Å²) < 4.78 is 6.17. The van der Waals surface area contributed by atoms with Crippen LogP contribution in [-0.4, -0.2) is 38.6 Å². The molecule has 2 aromatic carbocycles. The summed E-state index contributed by atoms with van der Waals surface area (Å²) in [5.74, 6) is -0.308. The molecule has 34 heavy (non-hydrogen) atoms. The Morgan fingerprint density at radius 1 is 1.21 bits per heavy atom. The van der Waals surface area contributed by atoms with Gasteiger partial charge in [-0.05, 0) is 37.1 Å². The van der Waals surface area contributed by atoms with E-state index in [1.165, 1.54) is 30.0 Å². The average molecular weight is 498 g/mol. The first-order valence-electron chi connectivity index (χ1n) is 11.0. The Bertz CT molecular complexity index is 1150. The first kappa shape index (κ1) is 23.9. The van der Waals surface area contributed by atoms with E-state index in [9.17, 15) is 19.7 Å². The molecule has 0 unspecified atom stereocenters. The van der Waals surface area contributed by atoms with Crippen molar-refractivity contribution in [2.45, 2.75) is 38.1 Å². The molecule has 1 aliphatic heterocycles. The highest BCUT2D eigenvalue weighted by atomic mass is 32.2. The van der Waals surface area contributed by atoms with Crippen molar-refractivity contribution in [3.05, 3.63) is 69.1 Å². The minimum absolute atomic E-state index is 0.0923. The minimum Gasteiger partial charge on any atom is -0.483 e. The quantitative estimate of drug-likeness (QED) is 0.244. The highest BCUT2D eigenvalue weighted by Gasteiger charge is 2.37. The number of hydrogen-bond donors (Lipinski definition) is 1. The second-order valence-corrected chi connectivity index (χ2v) is 9.70. The number of thiocarbonyl (C=S) groups is 1. The van der Waals surface area contributed by atoms with E-state index in [4.69, 9.17) is 17.0 Å². The van der Waals surface area contributed by atoms with Crippen LogP contribution in [0.2, 0.25) is 0 Å². The van der Waals surface area contributed by atoms with Gasteiger partial charge in [0.25, 0.3) is 17.5 Å². The number of hydrogen-bond acceptors (Lipinski definition) is 7. The number of carbonyl (C=O) groups excluding carboxylic acids is 2. The van der Waals surface area contributed by atoms with Gasteiger partial charge in [-0.15, -0.1) is 0 Å². The summed E-state index contributed by atoms with van der Waals surface area (Å²) in [4.78, 5) is 38.3. The van der Waals surface area contributed by atoms with Crippen molar-refractivity contribution in [3.63, 3.8) is 0 Å². The molecule has 176 valence electrons. The molecule has 1 saturated carbocycles. The van der Waals surface area contributed by atoms with E-state index in [1.807, 2.05) is 6.07 Å². The Kier molecular flexibility index (Phi) is 7.59. The number of amides is 2. The third-order valence-electron chi connectivity index (χ3n) is 5.67. The van der Waals surface area contributed by atoms with Crippen LogP contribution in [0.5, 0.6) is 5.75 Å². The van der Waals surface area contributed by atoms with Gasteiger partial charge in [-0.2, -0.15) is 0 Å². The molecule has 0 spiro atoms. The number of anilines is 1. The highest BCUT2D eigenvalue weighted by Crippen LogP contribution is 2.38. The first-order valence-corrected chi connectivity index (χ1v) is 12.2. The maximum absolute atomic E-state index is 13.1. The lowest BCUT2D eigenvalue weighted by atomic mass is 9.94. The van der Waals surface area contributed by atoms with Gasteiger partial charge in [0.15, 0.2) is 6.61 Å². The lowest BCUT2D eigenvalue weighted by Crippen LogP contribution is -2.39. The van der Waals surface area contributed by atoms with E-state index < -0.39 is 4.92 Å². The molecule has 10 heteroatoms. The maximum atomic E-state index is 13.1. The van der Waals surface area contributed by atoms with Crippen molar-refractivity contribution >= 4 is 57.6 Å². The van der Waals surface area contributed by atoms with Gasteiger partial charge < -0.3 is 10.1 Å². The third-order valence-corrected chi connectivity index (χ3v) is 7.00. The number of nitrogens with zero attached hydrogens (tertiary/aromatic N) is 2. The largest absolute Gasteiger partial charge is 0.483 e. The van der Waals surface area contributed by atoms with E-state index >= 15 is 0 Å². The van der Waals surface area contributed by atoms with Crippen LogP contribution >= 0.6 is 24.0 Å². The van der Waals surface area contributed by atoms with Gasteiger partial charge in [-0.25, -0.2) is 0 Å². The molecule has 1 N–H and O–H groups in total. The SMILES string of the molecule is O=C(COc1ccc([N+](=O)[O-])cc1C=C1SC(=S)N(C2CCCCC2)C1=O)Nc1ccccc1. The average Bonchev–Trinajstić information content (AvgIpc) is 3.11. The fourth-order valence-corrected chi connectivity index (χ4v) is 5.42. The Labute approximate surface area is 206 Å². The van der Waals surface area contributed by atoms with Crippen LogP contribution in [0, 0.1) is 10.1 Å². The molecular formula is C24H23N3O5S2. The number of nitrogens with one attached hydrogen (secondary N) is 1. The molecule has 8 nitrogen and oxygen atoms in total. The second-order valence-electron chi connectivity index (χ2n) is 8.03. The number of ether oxygens (including phenoxy) is 1. The molecule has 1 saturated heterocycles. The first-order chi connectivity index (χ1) is 16.4. The van der Waals surface area contributed by atoms with E-state index in [0.29, 0.717) is 20.5 Å². The Morgan fingerprint density at radius 2 is 1.94 bits per heavy atom. The maximum Gasteiger partial charge on any atom is 0.270 e. The monoisotopic (exact) mass is 497 g/mol. The van der Waals surface area contributed by atoms with Crippen molar-refractivity contribution < 1.29 is 19.2 Å². The number of nitro benzene ring substituents is 1. The van der Waals surface area contributed by atoms with Gasteiger partial charge in [0.2, 0.25) is 0 Å². The molecule has 0 atom stereocenters. The number of rotatable bonds is 7. The number of para-hydroxylation sites is 1. The van der Waals surface area contributed by atoms with Crippen molar-refractivity contribution in [3.8, 4) is 5.75 Å². The van der Waals surface area contributed by atoms with Gasteiger partial charge in [-0.1, -0.05) is 61.4 Å². The normalized spacial score (nSPS) is 17.8. The zero-order chi connectivity index (χ0) is 24.1. The van der Waals surface area contributed by atoms with Crippen LogP contribution in [0.25, 0.3) is 6.08 Å². The Hall–Kier alpha value is -3.24. The summed E-state index contributed by atoms with van der Waals surface area (Å²) in [5, 5.41) is 14.0. The van der Waals surface area contributed by atoms with E-state index in [2.05, 4.69) is 5.32 Å². The van der Waals surface area contributed by atoms with Gasteiger partial charge in [-0.3, -0.25) is 24.6 Å². The molecule has 0 bridgehead atoms. The zero-order valence-corrected chi connectivity index (χ0v) is 19.9. The molecule has 0 radical (unpaired) electrons. The summed E-state index contributed by atoms with van der Waals surface area (Å²) in [5.41, 5.74) is 0.826. The van der Waals surface area contributed by atoms with Crippen LogP contribution in [0.1, 0.15) is 37.7 Å². The molecular weight excluding hydrogens is 474 g/mol. The van der Waals surface area contributed by atoms with E-state index in [1.54, 1.807) is 35.2 Å². The van der Waals surface area contributed by atoms with Crippen molar-refractivity contribution in [2.75, 3.05) is 11.9 Å². The number of nitro groups is 1. The van der Waals surface area contributed by atoms with E-state index in [-0.39, 0.29) is 35.9 Å². The fraction of sp³-hybridized carbons (Fsp3) is 0.292. The number of non-ortho nitro benzene ring substituents is 1. The summed E-state index contributed by atoms with van der Waals surface area (Å²) in [6, 6.07) is 13.1. The Balaban J connectivity index is 1.54. The van der Waals surface area contributed by atoms with Gasteiger partial charge >= 0.3 is 0 Å². The molecule has 2 fully saturated rings. The standard InChI is InChI=1S/C24H23N3O5S2/c28-22(25-17-7-3-1-4-8-17)15-32-20-12-11-19(27(30)31)13-16(20)14-21-23(29)26(24(33)34-21)18-9-5-2-6-10-18/h1,3-4,7-8,11-14,18H,2,5-6,9-10,15H2,(H,25,28). The molecule has 4 rings (SSSR count). The fourth-order valence-electron chi connectivity index (χ4n) is 4.03. The molecule has 1 aliphatic carbocycles. The van der Waals surface area contributed by atoms with Gasteiger partial charge in [0, 0.05) is 29.4 Å². The summed E-state index contributed by atoms with van der Waals surface area (Å²) in [6.07, 6.45) is 6.68. The van der Waals surface area contributed by atoms with Crippen LogP contribution in [-0.2, 0) is 9.59 Å². The lowest BCUT2D eigenvalue weighted by Gasteiger charge is -2.29. The smallest absolute Gasteiger partial charge is 0.270 e. The number of thioether (sulfide) groups is 1. The van der Waals surface area contributed by atoms with Gasteiger partial charge in [0.05, 0.1) is 9.83 Å². The Morgan fingerprint density at radius 3 is 2.65 bits per heavy atom. The molecule has 2 aromatic rings. The number of carbonyl (C=O) groups is 2. The van der Waals surface area contributed by atoms with Crippen LogP contribution < -0.4 is 10.1 Å². The molecule has 2 aliphatic rings. The van der Waals surface area contributed by atoms with Gasteiger partial charge in [0.1, 0.15) is 10.1 Å². The second kappa shape index (κ2) is 10.8. The lowest BCUT2D eigenvalue weighted by molar-refractivity contribution is -0.384. The molecule has 1 heterocycles. The van der Waals surface area contributed by atoms with Crippen molar-refractivity contribution in [2.24, 2.45) is 0 Å². The molecule has 2 amide bonds.